The lowest BCUT2D eigenvalue weighted by molar-refractivity contribution is -0.114. The minimum atomic E-state index is -4.93. The van der Waals surface area contributed by atoms with Crippen LogP contribution < -0.4 is 15.8 Å². The second-order valence-corrected chi connectivity index (χ2v) is 7.24. The number of nitriles is 1. The first-order chi connectivity index (χ1) is 15.7. The summed E-state index contributed by atoms with van der Waals surface area (Å²) in [7, 11) is 0. The number of alkyl halides is 3. The van der Waals surface area contributed by atoms with Gasteiger partial charge in [-0.1, -0.05) is 23.2 Å². The Morgan fingerprint density at radius 2 is 1.85 bits per heavy atom. The number of hydrogen-bond donors (Lipinski definition) is 2. The van der Waals surface area contributed by atoms with Crippen molar-refractivity contribution in [3.8, 4) is 11.9 Å². The van der Waals surface area contributed by atoms with Crippen LogP contribution in [-0.2, 0) is 4.79 Å². The van der Waals surface area contributed by atoms with E-state index in [1.54, 1.807) is 0 Å². The van der Waals surface area contributed by atoms with Crippen molar-refractivity contribution in [2.45, 2.75) is 6.18 Å². The van der Waals surface area contributed by atoms with E-state index in [4.69, 9.17) is 23.2 Å². The molecule has 0 radical (unpaired) electrons. The highest BCUT2D eigenvalue weighted by Gasteiger charge is 2.46. The molecule has 0 unspecified atom stereocenters. The van der Waals surface area contributed by atoms with E-state index in [0.29, 0.717) is 5.01 Å². The molecule has 0 fully saturated rings. The van der Waals surface area contributed by atoms with Gasteiger partial charge in [-0.2, -0.15) is 28.6 Å². The van der Waals surface area contributed by atoms with Crippen molar-refractivity contribution >= 4 is 40.5 Å². The fourth-order valence-corrected chi connectivity index (χ4v) is 3.58. The van der Waals surface area contributed by atoms with Gasteiger partial charge in [0.2, 0.25) is 0 Å². The number of hydrogen-bond acceptors (Lipinski definition) is 8. The summed E-state index contributed by atoms with van der Waals surface area (Å²) in [6.07, 6.45) is 1.25. The normalized spacial score (nSPS) is 13.9. The highest BCUT2D eigenvalue weighted by molar-refractivity contribution is 6.39. The third kappa shape index (κ3) is 4.31. The van der Waals surface area contributed by atoms with Crippen molar-refractivity contribution in [2.75, 3.05) is 16.9 Å². The van der Waals surface area contributed by atoms with Gasteiger partial charge in [-0.25, -0.2) is 10.4 Å². The molecule has 3 aromatic heterocycles. The van der Waals surface area contributed by atoms with E-state index < -0.39 is 29.9 Å². The number of allylic oxidation sites excluding steroid dienone is 1. The number of aromatic nitrogens is 5. The highest BCUT2D eigenvalue weighted by Crippen LogP contribution is 2.41. The maximum atomic E-state index is 13.9. The standard InChI is InChI=1S/C18H10Cl2F3N9O/c19-12-7-25-8-13(20)14(12)31-15(18(21,22)23)11(6-29-31)17(33)30-10-3-9(4-24)16(26-5-10)32-27-1-2-28-32/h1-3,5,7-8,29H,6H2,(H,30,33). The summed E-state index contributed by atoms with van der Waals surface area (Å²) in [5.74, 6) is -0.972. The molecule has 15 heteroatoms. The largest absolute Gasteiger partial charge is 0.433 e. The summed E-state index contributed by atoms with van der Waals surface area (Å²) >= 11 is 12.0. The van der Waals surface area contributed by atoms with Crippen LogP contribution in [0.3, 0.4) is 0 Å². The topological polar surface area (TPSA) is 125 Å². The van der Waals surface area contributed by atoms with Crippen LogP contribution in [0, 0.1) is 11.3 Å². The van der Waals surface area contributed by atoms with Gasteiger partial charge in [0.05, 0.1) is 45.6 Å². The highest BCUT2D eigenvalue weighted by atomic mass is 35.5. The van der Waals surface area contributed by atoms with Gasteiger partial charge in [-0.3, -0.25) is 14.8 Å². The summed E-state index contributed by atoms with van der Waals surface area (Å²) in [6.45, 7) is -0.469. The fraction of sp³-hybridized carbons (Fsp3) is 0.111. The zero-order chi connectivity index (χ0) is 23.8. The van der Waals surface area contributed by atoms with Crippen molar-refractivity contribution in [1.82, 2.24) is 30.4 Å². The van der Waals surface area contributed by atoms with E-state index in [1.807, 2.05) is 6.07 Å². The van der Waals surface area contributed by atoms with Crippen LogP contribution in [0.2, 0.25) is 10.0 Å². The molecular weight excluding hydrogens is 486 g/mol. The first-order valence-electron chi connectivity index (χ1n) is 8.92. The van der Waals surface area contributed by atoms with E-state index in [0.717, 1.165) is 17.2 Å². The summed E-state index contributed by atoms with van der Waals surface area (Å²) in [6, 6.07) is 3.12. The summed E-state index contributed by atoms with van der Waals surface area (Å²) < 4.78 is 41.8. The van der Waals surface area contributed by atoms with Crippen LogP contribution in [0.15, 0.2) is 48.3 Å². The number of carbonyl (C=O) groups excluding carboxylic acids is 1. The molecule has 0 saturated heterocycles. The van der Waals surface area contributed by atoms with Crippen molar-refractivity contribution in [1.29, 1.82) is 5.26 Å². The van der Waals surface area contributed by atoms with Crippen molar-refractivity contribution in [3.05, 3.63) is 63.9 Å². The maximum Gasteiger partial charge on any atom is 0.433 e. The van der Waals surface area contributed by atoms with Gasteiger partial charge in [0.15, 0.2) is 5.82 Å². The Hall–Kier alpha value is -3.73. The average molecular weight is 496 g/mol. The zero-order valence-corrected chi connectivity index (χ0v) is 17.6. The van der Waals surface area contributed by atoms with Crippen molar-refractivity contribution in [2.24, 2.45) is 0 Å². The fourth-order valence-electron chi connectivity index (χ4n) is 3.05. The number of nitrogens with one attached hydrogen (secondary N) is 2. The predicted molar refractivity (Wildman–Crippen MR) is 110 cm³/mol. The maximum absolute atomic E-state index is 13.9. The van der Waals surface area contributed by atoms with Gasteiger partial charge >= 0.3 is 6.18 Å². The second kappa shape index (κ2) is 8.66. The molecule has 33 heavy (non-hydrogen) atoms. The van der Waals surface area contributed by atoms with Crippen molar-refractivity contribution < 1.29 is 18.0 Å². The molecule has 0 spiro atoms. The van der Waals surface area contributed by atoms with Crippen LogP contribution in [0.4, 0.5) is 24.5 Å². The Labute approximate surface area is 193 Å². The Kier molecular flexibility index (Phi) is 5.90. The van der Waals surface area contributed by atoms with Gasteiger partial charge in [-0.15, -0.1) is 4.80 Å². The summed E-state index contributed by atoms with van der Waals surface area (Å²) in [4.78, 5) is 21.6. The van der Waals surface area contributed by atoms with Crippen LogP contribution in [-0.4, -0.2) is 43.6 Å². The molecule has 0 aliphatic carbocycles. The van der Waals surface area contributed by atoms with E-state index in [-0.39, 0.29) is 32.8 Å². The minimum absolute atomic E-state index is 0.0000865. The number of pyridine rings is 2. The third-order valence-electron chi connectivity index (χ3n) is 4.37. The summed E-state index contributed by atoms with van der Waals surface area (Å²) in [5.41, 5.74) is 0.354. The minimum Gasteiger partial charge on any atom is -0.321 e. The number of carbonyl (C=O) groups is 1. The number of anilines is 2. The number of amides is 1. The van der Waals surface area contributed by atoms with Crippen LogP contribution in [0.5, 0.6) is 0 Å². The number of halogens is 5. The first-order valence-corrected chi connectivity index (χ1v) is 9.67. The molecule has 168 valence electrons. The van der Waals surface area contributed by atoms with Gasteiger partial charge in [0.25, 0.3) is 5.91 Å². The van der Waals surface area contributed by atoms with Crippen LogP contribution in [0.1, 0.15) is 5.56 Å². The van der Waals surface area contributed by atoms with E-state index in [2.05, 4.69) is 30.9 Å². The van der Waals surface area contributed by atoms with Gasteiger partial charge in [0, 0.05) is 18.9 Å². The Morgan fingerprint density at radius 3 is 2.45 bits per heavy atom. The smallest absolute Gasteiger partial charge is 0.321 e. The quantitative estimate of drug-likeness (QED) is 0.565. The molecule has 4 rings (SSSR count). The summed E-state index contributed by atoms with van der Waals surface area (Å²) in [5, 5.41) is 19.7. The van der Waals surface area contributed by atoms with Gasteiger partial charge in [-0.05, 0) is 6.07 Å². The van der Waals surface area contributed by atoms with Crippen LogP contribution in [0.25, 0.3) is 5.82 Å². The molecule has 2 N–H and O–H groups in total. The molecule has 0 saturated carbocycles. The van der Waals surface area contributed by atoms with E-state index >= 15 is 0 Å². The van der Waals surface area contributed by atoms with Crippen molar-refractivity contribution in [3.63, 3.8) is 0 Å². The molecule has 10 nitrogen and oxygen atoms in total. The molecule has 0 bridgehead atoms. The van der Waals surface area contributed by atoms with E-state index in [9.17, 15) is 23.2 Å². The Balaban J connectivity index is 1.69. The van der Waals surface area contributed by atoms with Gasteiger partial charge in [0.1, 0.15) is 17.3 Å². The number of hydrazine groups is 1. The first kappa shape index (κ1) is 22.5. The van der Waals surface area contributed by atoms with E-state index in [1.165, 1.54) is 24.7 Å². The SMILES string of the molecule is N#Cc1cc(NC(=O)C2=C(C(F)(F)F)N(c3c(Cl)cncc3Cl)NC2)cnc1-n1nccn1. The molecule has 4 heterocycles. The molecule has 0 aromatic carbocycles. The second-order valence-electron chi connectivity index (χ2n) is 6.43. The lowest BCUT2D eigenvalue weighted by Gasteiger charge is -2.25. The zero-order valence-electron chi connectivity index (χ0n) is 16.1. The molecular formula is C18H10Cl2F3N9O. The van der Waals surface area contributed by atoms with Gasteiger partial charge < -0.3 is 5.32 Å². The number of nitrogens with zero attached hydrogens (tertiary/aromatic N) is 7. The molecule has 1 aliphatic heterocycles. The molecule has 0 atom stereocenters. The Morgan fingerprint density at radius 1 is 1.18 bits per heavy atom. The molecule has 1 amide bonds. The number of rotatable bonds is 4. The predicted octanol–water partition coefficient (Wildman–Crippen LogP) is 3.02. The monoisotopic (exact) mass is 495 g/mol. The molecule has 3 aromatic rings. The Bertz CT molecular complexity index is 1280. The van der Waals surface area contributed by atoms with Crippen LogP contribution >= 0.6 is 23.2 Å². The lowest BCUT2D eigenvalue weighted by atomic mass is 10.1. The molecule has 1 aliphatic rings. The third-order valence-corrected chi connectivity index (χ3v) is 4.92. The average Bonchev–Trinajstić information content (AvgIpc) is 3.43. The lowest BCUT2D eigenvalue weighted by Crippen LogP contribution is -2.37.